The number of ether oxygens (including phenoxy) is 1. The number of halogens is 1. The van der Waals surface area contributed by atoms with Crippen molar-refractivity contribution in [1.29, 1.82) is 0 Å². The predicted octanol–water partition coefficient (Wildman–Crippen LogP) is 3.49. The minimum Gasteiger partial charge on any atom is -0.496 e. The third kappa shape index (κ3) is 2.44. The Morgan fingerprint density at radius 1 is 1.47 bits per heavy atom. The van der Waals surface area contributed by atoms with Crippen LogP contribution in [0.1, 0.15) is 17.8 Å². The molecule has 2 aromatic rings. The van der Waals surface area contributed by atoms with Crippen LogP contribution in [0.25, 0.3) is 10.6 Å². The molecule has 1 aromatic carbocycles. The minimum atomic E-state index is -0.0188. The van der Waals surface area contributed by atoms with Gasteiger partial charge in [0.15, 0.2) is 0 Å². The minimum absolute atomic E-state index is 0.0188. The van der Waals surface area contributed by atoms with Crippen LogP contribution in [0, 0.1) is 0 Å². The molecule has 0 amide bonds. The van der Waals surface area contributed by atoms with Gasteiger partial charge in [-0.3, -0.25) is 0 Å². The van der Waals surface area contributed by atoms with E-state index in [-0.39, 0.29) is 6.04 Å². The molecule has 2 rings (SSSR count). The molecule has 1 heterocycles. The summed E-state index contributed by atoms with van der Waals surface area (Å²) in [5, 5.41) is 1.47. The second-order valence-electron chi connectivity index (χ2n) is 3.67. The van der Waals surface area contributed by atoms with Crippen molar-refractivity contribution in [1.82, 2.24) is 4.98 Å². The van der Waals surface area contributed by atoms with E-state index in [4.69, 9.17) is 22.1 Å². The first-order chi connectivity index (χ1) is 8.13. The van der Waals surface area contributed by atoms with E-state index in [0.29, 0.717) is 5.02 Å². The van der Waals surface area contributed by atoms with Crippen LogP contribution in [0.4, 0.5) is 0 Å². The van der Waals surface area contributed by atoms with E-state index in [1.807, 2.05) is 25.1 Å². The zero-order chi connectivity index (χ0) is 12.4. The lowest BCUT2D eigenvalue weighted by Gasteiger charge is -2.07. The van der Waals surface area contributed by atoms with Gasteiger partial charge < -0.3 is 10.5 Å². The van der Waals surface area contributed by atoms with Crippen molar-refractivity contribution >= 4 is 22.9 Å². The molecule has 17 heavy (non-hydrogen) atoms. The van der Waals surface area contributed by atoms with Crippen LogP contribution in [0.3, 0.4) is 0 Å². The van der Waals surface area contributed by atoms with Gasteiger partial charge in [0.1, 0.15) is 10.8 Å². The Labute approximate surface area is 109 Å². The van der Waals surface area contributed by atoms with Crippen molar-refractivity contribution in [3.63, 3.8) is 0 Å². The summed E-state index contributed by atoms with van der Waals surface area (Å²) in [4.78, 5) is 5.38. The summed E-state index contributed by atoms with van der Waals surface area (Å²) in [5.41, 5.74) is 6.65. The largest absolute Gasteiger partial charge is 0.496 e. The van der Waals surface area contributed by atoms with Crippen molar-refractivity contribution < 1.29 is 4.74 Å². The number of methoxy groups -OCH3 is 1. The molecule has 0 saturated carbocycles. The van der Waals surface area contributed by atoms with E-state index in [1.54, 1.807) is 13.3 Å². The number of thiazole rings is 1. The number of nitrogens with zero attached hydrogens (tertiary/aromatic N) is 1. The fraction of sp³-hybridized carbons (Fsp3) is 0.250. The lowest BCUT2D eigenvalue weighted by molar-refractivity contribution is 0.416. The van der Waals surface area contributed by atoms with Gasteiger partial charge in [-0.25, -0.2) is 4.98 Å². The van der Waals surface area contributed by atoms with Crippen LogP contribution in [-0.2, 0) is 0 Å². The molecule has 0 radical (unpaired) electrons. The van der Waals surface area contributed by atoms with Gasteiger partial charge in [0, 0.05) is 17.1 Å². The van der Waals surface area contributed by atoms with Crippen LogP contribution >= 0.6 is 22.9 Å². The zero-order valence-electron chi connectivity index (χ0n) is 9.61. The summed E-state index contributed by atoms with van der Waals surface area (Å²) in [6, 6.07) is 5.53. The summed E-state index contributed by atoms with van der Waals surface area (Å²) in [5.74, 6) is 0.725. The first-order valence-electron chi connectivity index (χ1n) is 5.17. The number of hydrogen-bond acceptors (Lipinski definition) is 4. The Morgan fingerprint density at radius 2 is 2.24 bits per heavy atom. The molecule has 1 atom stereocenters. The summed E-state index contributed by atoms with van der Waals surface area (Å²) >= 11 is 7.72. The molecule has 3 nitrogen and oxygen atoms in total. The van der Waals surface area contributed by atoms with E-state index in [1.165, 1.54) is 11.3 Å². The third-order valence-corrected chi connectivity index (χ3v) is 3.91. The SMILES string of the molecule is COc1cccc(Cl)c1-c1ncc(C(C)N)s1. The lowest BCUT2D eigenvalue weighted by atomic mass is 10.2. The molecular formula is C12H13ClN2OS. The highest BCUT2D eigenvalue weighted by Crippen LogP contribution is 2.39. The maximum Gasteiger partial charge on any atom is 0.130 e. The van der Waals surface area contributed by atoms with Gasteiger partial charge in [0.2, 0.25) is 0 Å². The normalized spacial score (nSPS) is 12.5. The van der Waals surface area contributed by atoms with E-state index < -0.39 is 0 Å². The Hall–Kier alpha value is -1.10. The van der Waals surface area contributed by atoms with E-state index >= 15 is 0 Å². The first-order valence-corrected chi connectivity index (χ1v) is 6.37. The Morgan fingerprint density at radius 3 is 2.82 bits per heavy atom. The molecule has 0 aliphatic rings. The number of hydrogen-bond donors (Lipinski definition) is 1. The monoisotopic (exact) mass is 268 g/mol. The van der Waals surface area contributed by atoms with Crippen LogP contribution in [0.15, 0.2) is 24.4 Å². The molecule has 0 saturated heterocycles. The first kappa shape index (κ1) is 12.4. The van der Waals surface area contributed by atoms with Crippen molar-refractivity contribution in [2.75, 3.05) is 7.11 Å². The molecule has 5 heteroatoms. The van der Waals surface area contributed by atoms with E-state index in [2.05, 4.69) is 4.98 Å². The van der Waals surface area contributed by atoms with Gasteiger partial charge in [-0.2, -0.15) is 0 Å². The summed E-state index contributed by atoms with van der Waals surface area (Å²) in [7, 11) is 1.62. The molecule has 1 unspecified atom stereocenters. The average molecular weight is 269 g/mol. The number of aromatic nitrogens is 1. The predicted molar refractivity (Wildman–Crippen MR) is 71.7 cm³/mol. The number of nitrogens with two attached hydrogens (primary N) is 1. The standard InChI is InChI=1S/C12H13ClN2OS/c1-7(14)10-6-15-12(17-10)11-8(13)4-3-5-9(11)16-2/h3-7H,14H2,1-2H3. The Bertz CT molecular complexity index is 525. The molecule has 2 N–H and O–H groups in total. The number of rotatable bonds is 3. The molecular weight excluding hydrogens is 256 g/mol. The highest BCUT2D eigenvalue weighted by Gasteiger charge is 2.15. The van der Waals surface area contributed by atoms with Crippen molar-refractivity contribution in [2.24, 2.45) is 5.73 Å². The van der Waals surface area contributed by atoms with E-state index in [9.17, 15) is 0 Å². The second kappa shape index (κ2) is 5.04. The van der Waals surface area contributed by atoms with Crippen molar-refractivity contribution in [3.05, 3.63) is 34.3 Å². The highest BCUT2D eigenvalue weighted by molar-refractivity contribution is 7.15. The smallest absolute Gasteiger partial charge is 0.130 e. The van der Waals surface area contributed by atoms with Crippen LogP contribution in [0.5, 0.6) is 5.75 Å². The van der Waals surface area contributed by atoms with Gasteiger partial charge >= 0.3 is 0 Å². The topological polar surface area (TPSA) is 48.1 Å². The van der Waals surface area contributed by atoms with Gasteiger partial charge in [-0.15, -0.1) is 11.3 Å². The molecule has 0 fully saturated rings. The van der Waals surface area contributed by atoms with E-state index in [0.717, 1.165) is 21.2 Å². The second-order valence-corrected chi connectivity index (χ2v) is 5.14. The summed E-state index contributed by atoms with van der Waals surface area (Å²) in [6.07, 6.45) is 1.79. The highest BCUT2D eigenvalue weighted by atomic mass is 35.5. The number of benzene rings is 1. The van der Waals surface area contributed by atoms with Crippen molar-refractivity contribution in [2.45, 2.75) is 13.0 Å². The van der Waals surface area contributed by atoms with Gasteiger partial charge in [-0.05, 0) is 19.1 Å². The van der Waals surface area contributed by atoms with Crippen molar-refractivity contribution in [3.8, 4) is 16.3 Å². The summed E-state index contributed by atoms with van der Waals surface area (Å²) < 4.78 is 5.30. The van der Waals surface area contributed by atoms with Crippen LogP contribution in [-0.4, -0.2) is 12.1 Å². The third-order valence-electron chi connectivity index (χ3n) is 2.38. The van der Waals surface area contributed by atoms with Crippen LogP contribution in [0.2, 0.25) is 5.02 Å². The van der Waals surface area contributed by atoms with Gasteiger partial charge in [-0.1, -0.05) is 17.7 Å². The molecule has 0 spiro atoms. The molecule has 0 aliphatic carbocycles. The Kier molecular flexibility index (Phi) is 3.66. The van der Waals surface area contributed by atoms with Gasteiger partial charge in [0.25, 0.3) is 0 Å². The fourth-order valence-electron chi connectivity index (χ4n) is 1.49. The zero-order valence-corrected chi connectivity index (χ0v) is 11.2. The Balaban J connectivity index is 2.51. The maximum atomic E-state index is 6.19. The maximum absolute atomic E-state index is 6.19. The molecule has 0 bridgehead atoms. The average Bonchev–Trinajstić information content (AvgIpc) is 2.77. The molecule has 90 valence electrons. The quantitative estimate of drug-likeness (QED) is 0.927. The fourth-order valence-corrected chi connectivity index (χ4v) is 2.74. The van der Waals surface area contributed by atoms with Gasteiger partial charge in [0.05, 0.1) is 17.7 Å². The summed E-state index contributed by atoms with van der Waals surface area (Å²) in [6.45, 7) is 1.93. The molecule has 1 aromatic heterocycles. The molecule has 0 aliphatic heterocycles. The van der Waals surface area contributed by atoms with Crippen LogP contribution < -0.4 is 10.5 Å². The lowest BCUT2D eigenvalue weighted by Crippen LogP contribution is -2.01.